The van der Waals surface area contributed by atoms with Crippen LogP contribution in [0.3, 0.4) is 0 Å². The van der Waals surface area contributed by atoms with E-state index in [4.69, 9.17) is 14.2 Å². The summed E-state index contributed by atoms with van der Waals surface area (Å²) in [7, 11) is 4.67. The van der Waals surface area contributed by atoms with E-state index >= 15 is 0 Å². The molecule has 0 amide bonds. The maximum absolute atomic E-state index is 9.37. The van der Waals surface area contributed by atoms with Gasteiger partial charge in [-0.15, -0.1) is 0 Å². The second-order valence-corrected chi connectivity index (χ2v) is 5.20. The zero-order valence-electron chi connectivity index (χ0n) is 13.3. The summed E-state index contributed by atoms with van der Waals surface area (Å²) in [6.07, 6.45) is 0. The molecule has 120 valence electrons. The van der Waals surface area contributed by atoms with Gasteiger partial charge >= 0.3 is 0 Å². The third kappa shape index (κ3) is 4.00. The summed E-state index contributed by atoms with van der Waals surface area (Å²) in [6.45, 7) is 3.35. The summed E-state index contributed by atoms with van der Waals surface area (Å²) in [4.78, 5) is 0. The van der Waals surface area contributed by atoms with Gasteiger partial charge in [-0.3, -0.25) is 0 Å². The maximum atomic E-state index is 9.37. The SMILES string of the molecule is COc1cc(C(C)NC(C)(CO)CO)cc(OC)c1OC. The summed E-state index contributed by atoms with van der Waals surface area (Å²) in [5.74, 6) is 1.66. The van der Waals surface area contributed by atoms with Gasteiger partial charge in [0.25, 0.3) is 0 Å². The van der Waals surface area contributed by atoms with E-state index in [2.05, 4.69) is 5.32 Å². The van der Waals surface area contributed by atoms with Crippen LogP contribution >= 0.6 is 0 Å². The van der Waals surface area contributed by atoms with Crippen LogP contribution in [0.2, 0.25) is 0 Å². The summed E-state index contributed by atoms with van der Waals surface area (Å²) < 4.78 is 15.9. The molecule has 1 aromatic rings. The van der Waals surface area contributed by atoms with Gasteiger partial charge in [-0.25, -0.2) is 0 Å². The van der Waals surface area contributed by atoms with Gasteiger partial charge in [0, 0.05) is 6.04 Å². The summed E-state index contributed by atoms with van der Waals surface area (Å²) in [5, 5.41) is 21.9. The van der Waals surface area contributed by atoms with Crippen LogP contribution in [-0.4, -0.2) is 50.3 Å². The Balaban J connectivity index is 3.13. The van der Waals surface area contributed by atoms with Crippen molar-refractivity contribution in [2.45, 2.75) is 25.4 Å². The first-order valence-corrected chi connectivity index (χ1v) is 6.74. The van der Waals surface area contributed by atoms with Gasteiger partial charge in [-0.2, -0.15) is 0 Å². The van der Waals surface area contributed by atoms with Crippen LogP contribution < -0.4 is 19.5 Å². The minimum Gasteiger partial charge on any atom is -0.493 e. The van der Waals surface area contributed by atoms with Crippen molar-refractivity contribution in [3.05, 3.63) is 17.7 Å². The number of hydrogen-bond donors (Lipinski definition) is 3. The number of aliphatic hydroxyl groups excluding tert-OH is 2. The molecule has 1 atom stereocenters. The van der Waals surface area contributed by atoms with Crippen molar-refractivity contribution in [1.29, 1.82) is 0 Å². The van der Waals surface area contributed by atoms with Gasteiger partial charge < -0.3 is 29.7 Å². The molecule has 21 heavy (non-hydrogen) atoms. The lowest BCUT2D eigenvalue weighted by Crippen LogP contribution is -2.49. The summed E-state index contributed by atoms with van der Waals surface area (Å²) >= 11 is 0. The summed E-state index contributed by atoms with van der Waals surface area (Å²) in [6, 6.07) is 3.56. The Hall–Kier alpha value is -1.50. The number of aliphatic hydroxyl groups is 2. The molecule has 0 bridgehead atoms. The molecule has 0 aliphatic carbocycles. The molecule has 0 fully saturated rings. The third-order valence-electron chi connectivity index (χ3n) is 3.45. The first kappa shape index (κ1) is 17.6. The normalized spacial score (nSPS) is 12.9. The van der Waals surface area contributed by atoms with Crippen LogP contribution in [0.15, 0.2) is 12.1 Å². The molecule has 1 rings (SSSR count). The number of rotatable bonds is 8. The molecule has 0 aliphatic heterocycles. The van der Waals surface area contributed by atoms with Crippen molar-refractivity contribution in [2.24, 2.45) is 0 Å². The van der Waals surface area contributed by atoms with E-state index < -0.39 is 5.54 Å². The van der Waals surface area contributed by atoms with Crippen molar-refractivity contribution in [3.63, 3.8) is 0 Å². The number of hydrogen-bond acceptors (Lipinski definition) is 6. The zero-order chi connectivity index (χ0) is 16.0. The first-order valence-electron chi connectivity index (χ1n) is 6.74. The van der Waals surface area contributed by atoms with Crippen molar-refractivity contribution < 1.29 is 24.4 Å². The van der Waals surface area contributed by atoms with Gasteiger partial charge in [0.05, 0.1) is 40.1 Å². The van der Waals surface area contributed by atoms with E-state index in [1.54, 1.807) is 28.3 Å². The van der Waals surface area contributed by atoms with E-state index in [1.165, 1.54) is 0 Å². The largest absolute Gasteiger partial charge is 0.493 e. The maximum Gasteiger partial charge on any atom is 0.203 e. The van der Waals surface area contributed by atoms with Crippen LogP contribution in [-0.2, 0) is 0 Å². The lowest BCUT2D eigenvalue weighted by Gasteiger charge is -2.31. The fourth-order valence-electron chi connectivity index (χ4n) is 2.10. The minimum absolute atomic E-state index is 0.122. The fraction of sp³-hybridized carbons (Fsp3) is 0.600. The molecule has 6 heteroatoms. The fourth-order valence-corrected chi connectivity index (χ4v) is 2.10. The van der Waals surface area contributed by atoms with Gasteiger partial charge in [0.1, 0.15) is 0 Å². The number of methoxy groups -OCH3 is 3. The Morgan fingerprint density at radius 3 is 1.86 bits per heavy atom. The topological polar surface area (TPSA) is 80.2 Å². The second-order valence-electron chi connectivity index (χ2n) is 5.20. The molecular formula is C15H25NO5. The van der Waals surface area contributed by atoms with Crippen LogP contribution in [0.1, 0.15) is 25.5 Å². The van der Waals surface area contributed by atoms with Crippen LogP contribution in [0.4, 0.5) is 0 Å². The zero-order valence-corrected chi connectivity index (χ0v) is 13.3. The van der Waals surface area contributed by atoms with Crippen molar-refractivity contribution in [2.75, 3.05) is 34.5 Å². The Bertz CT molecular complexity index is 434. The highest BCUT2D eigenvalue weighted by molar-refractivity contribution is 5.54. The van der Waals surface area contributed by atoms with E-state index in [0.717, 1.165) is 5.56 Å². The lowest BCUT2D eigenvalue weighted by molar-refractivity contribution is 0.0957. The molecular weight excluding hydrogens is 274 g/mol. The van der Waals surface area contributed by atoms with Crippen LogP contribution in [0.25, 0.3) is 0 Å². The minimum atomic E-state index is -0.764. The molecule has 0 spiro atoms. The highest BCUT2D eigenvalue weighted by Gasteiger charge is 2.26. The average molecular weight is 299 g/mol. The Morgan fingerprint density at radius 2 is 1.52 bits per heavy atom. The molecule has 0 heterocycles. The molecule has 6 nitrogen and oxygen atoms in total. The van der Waals surface area contributed by atoms with Crippen LogP contribution in [0.5, 0.6) is 17.2 Å². The quantitative estimate of drug-likeness (QED) is 0.667. The number of benzene rings is 1. The first-order chi connectivity index (χ1) is 9.94. The van der Waals surface area contributed by atoms with Crippen molar-refractivity contribution in [3.8, 4) is 17.2 Å². The molecule has 0 saturated heterocycles. The van der Waals surface area contributed by atoms with Crippen molar-refractivity contribution in [1.82, 2.24) is 5.32 Å². The molecule has 0 radical (unpaired) electrons. The van der Waals surface area contributed by atoms with Gasteiger partial charge in [-0.05, 0) is 31.5 Å². The van der Waals surface area contributed by atoms with Crippen molar-refractivity contribution >= 4 is 0 Å². The average Bonchev–Trinajstić information content (AvgIpc) is 2.52. The lowest BCUT2D eigenvalue weighted by atomic mass is 10.00. The Kier molecular flexibility index (Phi) is 6.26. The Morgan fingerprint density at radius 1 is 1.05 bits per heavy atom. The molecule has 1 aromatic carbocycles. The smallest absolute Gasteiger partial charge is 0.203 e. The van der Waals surface area contributed by atoms with E-state index in [9.17, 15) is 10.2 Å². The number of nitrogens with one attached hydrogen (secondary N) is 1. The molecule has 0 saturated carbocycles. The van der Waals surface area contributed by atoms with Gasteiger partial charge in [0.15, 0.2) is 11.5 Å². The van der Waals surface area contributed by atoms with E-state index in [-0.39, 0.29) is 19.3 Å². The number of ether oxygens (including phenoxy) is 3. The third-order valence-corrected chi connectivity index (χ3v) is 3.45. The highest BCUT2D eigenvalue weighted by Crippen LogP contribution is 2.39. The van der Waals surface area contributed by atoms with E-state index in [1.807, 2.05) is 19.1 Å². The second kappa shape index (κ2) is 7.49. The standard InChI is InChI=1S/C15H25NO5/c1-10(16-15(2,8-17)9-18)11-6-12(19-3)14(21-5)13(7-11)20-4/h6-7,10,16-18H,8-9H2,1-5H3. The van der Waals surface area contributed by atoms with Gasteiger partial charge in [0.2, 0.25) is 5.75 Å². The Labute approximate surface area is 125 Å². The predicted octanol–water partition coefficient (Wildman–Crippen LogP) is 1.11. The van der Waals surface area contributed by atoms with E-state index in [0.29, 0.717) is 17.2 Å². The molecule has 0 aromatic heterocycles. The predicted molar refractivity (Wildman–Crippen MR) is 80.2 cm³/mol. The molecule has 0 aliphatic rings. The summed E-state index contributed by atoms with van der Waals surface area (Å²) in [5.41, 5.74) is 0.137. The van der Waals surface area contributed by atoms with Crippen LogP contribution in [0, 0.1) is 0 Å². The monoisotopic (exact) mass is 299 g/mol. The molecule has 3 N–H and O–H groups in total. The van der Waals surface area contributed by atoms with Gasteiger partial charge in [-0.1, -0.05) is 0 Å². The molecule has 1 unspecified atom stereocenters. The highest BCUT2D eigenvalue weighted by atomic mass is 16.5.